The number of methoxy groups -OCH3 is 1. The molecule has 4 heteroatoms. The van der Waals surface area contributed by atoms with Crippen LogP contribution in [0.2, 0.25) is 0 Å². The molecular weight excluding hydrogens is 400 g/mol. The zero-order valence-corrected chi connectivity index (χ0v) is 21.4. The van der Waals surface area contributed by atoms with E-state index in [2.05, 4.69) is 34.6 Å². The van der Waals surface area contributed by atoms with E-state index >= 15 is 0 Å². The first-order valence-electron chi connectivity index (χ1n) is 13.5. The Bertz CT molecular complexity index is 676. The van der Waals surface area contributed by atoms with E-state index in [0.717, 1.165) is 18.3 Å². The van der Waals surface area contributed by atoms with Crippen LogP contribution in [0.5, 0.6) is 0 Å². The topological polar surface area (TPSA) is 55.8 Å². The van der Waals surface area contributed by atoms with Gasteiger partial charge in [0.15, 0.2) is 0 Å². The van der Waals surface area contributed by atoms with E-state index in [-0.39, 0.29) is 6.10 Å². The van der Waals surface area contributed by atoms with Crippen molar-refractivity contribution in [1.29, 1.82) is 0 Å². The third-order valence-corrected chi connectivity index (χ3v) is 11.0. The highest BCUT2D eigenvalue weighted by Gasteiger charge is 2.63. The molecule has 4 rings (SSSR count). The number of ether oxygens (including phenoxy) is 2. The Labute approximate surface area is 196 Å². The summed E-state index contributed by atoms with van der Waals surface area (Å²) in [5, 5.41) is 9.22. The molecule has 4 aliphatic rings. The third kappa shape index (κ3) is 4.17. The minimum absolute atomic E-state index is 0.270. The summed E-state index contributed by atoms with van der Waals surface area (Å²) in [6.45, 7) is 11.9. The summed E-state index contributed by atoms with van der Waals surface area (Å²) >= 11 is 0. The maximum absolute atomic E-state index is 11.2. The van der Waals surface area contributed by atoms with Crippen molar-refractivity contribution in [3.8, 4) is 0 Å². The van der Waals surface area contributed by atoms with Crippen LogP contribution in [-0.4, -0.2) is 36.5 Å². The summed E-state index contributed by atoms with van der Waals surface area (Å²) in [4.78, 5) is 11.2. The van der Waals surface area contributed by atoms with Crippen LogP contribution in [-0.2, 0) is 14.3 Å². The Hall–Kier alpha value is -0.610. The second-order valence-electron chi connectivity index (χ2n) is 12.7. The molecule has 0 spiro atoms. The van der Waals surface area contributed by atoms with Gasteiger partial charge in [0.25, 0.3) is 0 Å². The Morgan fingerprint density at radius 1 is 1.00 bits per heavy atom. The van der Waals surface area contributed by atoms with Gasteiger partial charge in [0.2, 0.25) is 0 Å². The van der Waals surface area contributed by atoms with Crippen molar-refractivity contribution in [2.24, 2.45) is 46.3 Å². The second kappa shape index (κ2) is 9.21. The molecule has 0 aromatic carbocycles. The first kappa shape index (κ1) is 24.5. The van der Waals surface area contributed by atoms with Crippen molar-refractivity contribution in [2.45, 2.75) is 117 Å². The van der Waals surface area contributed by atoms with Gasteiger partial charge < -0.3 is 14.6 Å². The maximum atomic E-state index is 11.2. The first-order valence-corrected chi connectivity index (χ1v) is 13.5. The standard InChI is InChI=1S/C28H48O4/c1-17(2)32-24-16-19-15-20(31-6)11-13-27(19,4)23-12-14-28(5)21(8-9-22(28)26(23)24)18(3)7-10-25(29)30/h17-24,26H,7-16H2,1-6H3,(H,29,30). The lowest BCUT2D eigenvalue weighted by Gasteiger charge is -2.63. The Kier molecular flexibility index (Phi) is 7.05. The highest BCUT2D eigenvalue weighted by molar-refractivity contribution is 5.66. The summed E-state index contributed by atoms with van der Waals surface area (Å²) in [5.74, 6) is 3.35. The fourth-order valence-corrected chi connectivity index (χ4v) is 9.39. The van der Waals surface area contributed by atoms with E-state index < -0.39 is 5.97 Å². The summed E-state index contributed by atoms with van der Waals surface area (Å²) < 4.78 is 12.6. The molecule has 4 fully saturated rings. The fraction of sp³-hybridized carbons (Fsp3) is 0.964. The molecule has 4 aliphatic carbocycles. The van der Waals surface area contributed by atoms with Crippen molar-refractivity contribution in [3.63, 3.8) is 0 Å². The molecule has 10 atom stereocenters. The number of rotatable bonds is 7. The predicted molar refractivity (Wildman–Crippen MR) is 127 cm³/mol. The minimum Gasteiger partial charge on any atom is -0.481 e. The predicted octanol–water partition coefficient (Wildman–Crippen LogP) is 6.56. The molecule has 0 aromatic rings. The summed E-state index contributed by atoms with van der Waals surface area (Å²) in [7, 11) is 1.89. The summed E-state index contributed by atoms with van der Waals surface area (Å²) in [6.07, 6.45) is 12.3. The lowest BCUT2D eigenvalue weighted by molar-refractivity contribution is -0.198. The molecule has 4 nitrogen and oxygen atoms in total. The lowest BCUT2D eigenvalue weighted by atomic mass is 9.43. The first-order chi connectivity index (χ1) is 15.1. The van der Waals surface area contributed by atoms with E-state index in [9.17, 15) is 9.90 Å². The van der Waals surface area contributed by atoms with Gasteiger partial charge in [0.05, 0.1) is 18.3 Å². The molecule has 184 valence electrons. The largest absolute Gasteiger partial charge is 0.481 e. The highest BCUT2D eigenvalue weighted by atomic mass is 16.5. The minimum atomic E-state index is -0.649. The van der Waals surface area contributed by atoms with E-state index in [4.69, 9.17) is 9.47 Å². The maximum Gasteiger partial charge on any atom is 0.303 e. The molecular formula is C28H48O4. The monoisotopic (exact) mass is 448 g/mol. The Morgan fingerprint density at radius 3 is 2.34 bits per heavy atom. The van der Waals surface area contributed by atoms with Crippen molar-refractivity contribution >= 4 is 5.97 Å². The van der Waals surface area contributed by atoms with Gasteiger partial charge in [0.1, 0.15) is 0 Å². The Morgan fingerprint density at radius 2 is 1.69 bits per heavy atom. The molecule has 0 amide bonds. The van der Waals surface area contributed by atoms with Crippen LogP contribution in [0.1, 0.15) is 98.8 Å². The van der Waals surface area contributed by atoms with Crippen molar-refractivity contribution < 1.29 is 19.4 Å². The number of carboxylic acid groups (broad SMARTS) is 1. The molecule has 10 unspecified atom stereocenters. The molecule has 0 heterocycles. The van der Waals surface area contributed by atoms with E-state index in [1.807, 2.05) is 7.11 Å². The summed E-state index contributed by atoms with van der Waals surface area (Å²) in [6, 6.07) is 0. The summed E-state index contributed by atoms with van der Waals surface area (Å²) in [5.41, 5.74) is 0.759. The third-order valence-electron chi connectivity index (χ3n) is 11.0. The van der Waals surface area contributed by atoms with Crippen molar-refractivity contribution in [3.05, 3.63) is 0 Å². The number of carbonyl (C=O) groups is 1. The zero-order chi connectivity index (χ0) is 23.3. The van der Waals surface area contributed by atoms with Crippen LogP contribution < -0.4 is 0 Å². The van der Waals surface area contributed by atoms with E-state index in [1.54, 1.807) is 0 Å². The van der Waals surface area contributed by atoms with Gasteiger partial charge in [-0.25, -0.2) is 0 Å². The second-order valence-corrected chi connectivity index (χ2v) is 12.7. The molecule has 1 N–H and O–H groups in total. The average molecular weight is 449 g/mol. The van der Waals surface area contributed by atoms with Crippen LogP contribution in [0, 0.1) is 46.3 Å². The average Bonchev–Trinajstić information content (AvgIpc) is 3.09. The molecule has 0 radical (unpaired) electrons. The molecule has 32 heavy (non-hydrogen) atoms. The van der Waals surface area contributed by atoms with E-state index in [0.29, 0.717) is 53.1 Å². The van der Waals surface area contributed by atoms with Gasteiger partial charge >= 0.3 is 5.97 Å². The lowest BCUT2D eigenvalue weighted by Crippen LogP contribution is -2.59. The van der Waals surface area contributed by atoms with Gasteiger partial charge in [0, 0.05) is 13.5 Å². The normalized spacial score (nSPS) is 46.9. The van der Waals surface area contributed by atoms with Crippen LogP contribution in [0.4, 0.5) is 0 Å². The van der Waals surface area contributed by atoms with Gasteiger partial charge in [-0.2, -0.15) is 0 Å². The SMILES string of the molecule is COC1CCC2(C)C(C1)CC(OC(C)C)C1C2CCC2(C)C(C(C)CCC(=O)O)CCC12. The van der Waals surface area contributed by atoms with Crippen LogP contribution in [0.25, 0.3) is 0 Å². The quantitative estimate of drug-likeness (QED) is 0.479. The number of hydrogen-bond donors (Lipinski definition) is 1. The van der Waals surface area contributed by atoms with Gasteiger partial charge in [-0.15, -0.1) is 0 Å². The van der Waals surface area contributed by atoms with Gasteiger partial charge in [-0.05, 0) is 118 Å². The van der Waals surface area contributed by atoms with Gasteiger partial charge in [-0.1, -0.05) is 20.8 Å². The molecule has 0 aromatic heterocycles. The zero-order valence-electron chi connectivity index (χ0n) is 21.4. The van der Waals surface area contributed by atoms with Crippen LogP contribution >= 0.6 is 0 Å². The molecule has 0 aliphatic heterocycles. The molecule has 4 saturated carbocycles. The number of carboxylic acids is 1. The number of fused-ring (bicyclic) bond motifs is 5. The van der Waals surface area contributed by atoms with E-state index in [1.165, 1.54) is 51.4 Å². The smallest absolute Gasteiger partial charge is 0.303 e. The fourth-order valence-electron chi connectivity index (χ4n) is 9.39. The van der Waals surface area contributed by atoms with Crippen LogP contribution in [0.3, 0.4) is 0 Å². The van der Waals surface area contributed by atoms with Crippen LogP contribution in [0.15, 0.2) is 0 Å². The van der Waals surface area contributed by atoms with Crippen molar-refractivity contribution in [1.82, 2.24) is 0 Å². The number of aliphatic carboxylic acids is 1. The van der Waals surface area contributed by atoms with Crippen molar-refractivity contribution in [2.75, 3.05) is 7.11 Å². The Balaban J connectivity index is 1.60. The van der Waals surface area contributed by atoms with Gasteiger partial charge in [-0.3, -0.25) is 4.79 Å². The number of hydrogen-bond acceptors (Lipinski definition) is 3. The molecule has 0 saturated heterocycles. The molecule has 0 bridgehead atoms. The highest BCUT2D eigenvalue weighted by Crippen LogP contribution is 2.68.